The van der Waals surface area contributed by atoms with Crippen molar-refractivity contribution in [1.82, 2.24) is 9.97 Å². The molecule has 2 aromatic carbocycles. The van der Waals surface area contributed by atoms with E-state index < -0.39 is 23.4 Å². The second-order valence-corrected chi connectivity index (χ2v) is 7.00. The molecule has 2 heterocycles. The number of carbonyl (C=O) groups is 2. The summed E-state index contributed by atoms with van der Waals surface area (Å²) in [7, 11) is 0. The molecule has 0 aliphatic heterocycles. The fourth-order valence-electron chi connectivity index (χ4n) is 2.72. The largest absolute Gasteiger partial charge is 2.00 e. The summed E-state index contributed by atoms with van der Waals surface area (Å²) in [6, 6.07) is 18.5. The van der Waals surface area contributed by atoms with Crippen LogP contribution in [0.2, 0.25) is 0 Å². The summed E-state index contributed by atoms with van der Waals surface area (Å²) in [6.45, 7) is 0. The molecular formula is C26H28N4O10Zn+2. The van der Waals surface area contributed by atoms with E-state index in [0.29, 0.717) is 22.8 Å². The van der Waals surface area contributed by atoms with E-state index in [1.54, 1.807) is 36.7 Å². The Hall–Kier alpha value is -4.92. The molecule has 0 unspecified atom stereocenters. The van der Waals surface area contributed by atoms with E-state index in [0.717, 1.165) is 0 Å². The molecule has 4 rings (SSSR count). The van der Waals surface area contributed by atoms with Crippen molar-refractivity contribution in [2.75, 3.05) is 0 Å². The molecule has 14 nitrogen and oxygen atoms in total. The molecule has 212 valence electrons. The van der Waals surface area contributed by atoms with Gasteiger partial charge in [-0.2, -0.15) is 0 Å². The average Bonchev–Trinajstić information content (AvgIpc) is 2.89. The van der Waals surface area contributed by atoms with Crippen LogP contribution in [0.15, 0.2) is 95.2 Å². The van der Waals surface area contributed by atoms with Gasteiger partial charge in [-0.3, -0.25) is 20.0 Å². The van der Waals surface area contributed by atoms with Crippen molar-refractivity contribution in [2.45, 2.75) is 0 Å². The van der Waals surface area contributed by atoms with Gasteiger partial charge < -0.3 is 42.3 Å². The number of benzene rings is 2. The minimum absolute atomic E-state index is 0. The van der Waals surface area contributed by atoms with Gasteiger partial charge in [-0.1, -0.05) is 35.8 Å². The fraction of sp³-hybridized carbons (Fsp3) is 0. The van der Waals surface area contributed by atoms with Crippen molar-refractivity contribution >= 4 is 35.7 Å². The predicted octanol–water partition coefficient (Wildman–Crippen LogP) is -0.288. The van der Waals surface area contributed by atoms with Gasteiger partial charge in [-0.05, 0) is 48.5 Å². The number of aromatic nitrogens is 2. The Balaban J connectivity index is -0.000000628. The monoisotopic (exact) mass is 620 g/mol. The summed E-state index contributed by atoms with van der Waals surface area (Å²) >= 11 is 0. The Morgan fingerprint density at radius 1 is 0.659 bits per heavy atom. The average molecular weight is 622 g/mol. The van der Waals surface area contributed by atoms with Gasteiger partial charge in [-0.25, -0.2) is 9.59 Å². The second-order valence-electron chi connectivity index (χ2n) is 7.00. The molecule has 4 aromatic rings. The summed E-state index contributed by atoms with van der Waals surface area (Å²) in [6.07, 6.45) is 6.27. The Labute approximate surface area is 246 Å². The molecule has 41 heavy (non-hydrogen) atoms. The molecule has 0 aliphatic carbocycles. The van der Waals surface area contributed by atoms with Crippen molar-refractivity contribution in [3.8, 4) is 11.5 Å². The molecule has 0 radical (unpaired) electrons. The van der Waals surface area contributed by atoms with Crippen LogP contribution < -0.4 is 10.2 Å². The van der Waals surface area contributed by atoms with Gasteiger partial charge in [0, 0.05) is 12.4 Å². The maximum Gasteiger partial charge on any atom is 2.00 e. The third-order valence-corrected chi connectivity index (χ3v) is 4.45. The van der Waals surface area contributed by atoms with Gasteiger partial charge >= 0.3 is 31.4 Å². The number of carboxylic acid groups (broad SMARTS) is 2. The molecule has 0 aliphatic rings. The molecule has 15 heteroatoms. The maximum absolute atomic E-state index is 11.2. The third-order valence-electron chi connectivity index (χ3n) is 4.45. The first kappa shape index (κ1) is 40.6. The van der Waals surface area contributed by atoms with Gasteiger partial charge in [0.05, 0.1) is 46.3 Å². The van der Waals surface area contributed by atoms with Crippen LogP contribution in [0.5, 0.6) is 11.5 Å². The van der Waals surface area contributed by atoms with Crippen molar-refractivity contribution in [2.24, 2.45) is 9.98 Å². The van der Waals surface area contributed by atoms with Gasteiger partial charge in [0.15, 0.2) is 0 Å². The predicted molar refractivity (Wildman–Crippen MR) is 146 cm³/mol. The van der Waals surface area contributed by atoms with E-state index in [9.17, 15) is 19.8 Å². The van der Waals surface area contributed by atoms with Crippen molar-refractivity contribution in [3.05, 3.63) is 108 Å². The van der Waals surface area contributed by atoms with Crippen LogP contribution in [0.4, 0.5) is 11.4 Å². The van der Waals surface area contributed by atoms with Crippen LogP contribution in [-0.2, 0) is 30.4 Å². The first-order chi connectivity index (χ1) is 17.3. The molecule has 0 amide bonds. The van der Waals surface area contributed by atoms with Crippen LogP contribution in [-0.4, -0.2) is 55.5 Å². The SMILES string of the molecule is O.O.O=C(O)c1cc(N=Cc2ccccn2)ccc1[O-].O=C(O)c1cc(N=Cc2ccccn2)ccc1[O-].[OH3+].[OH3+].[Zn+2]. The molecule has 12 N–H and O–H groups in total. The van der Waals surface area contributed by atoms with E-state index >= 15 is 0 Å². The van der Waals surface area contributed by atoms with Crippen LogP contribution in [0, 0.1) is 0 Å². The van der Waals surface area contributed by atoms with Crippen molar-refractivity contribution in [1.29, 1.82) is 0 Å². The standard InChI is InChI=1S/2C13H10N2O3.4H2O.Zn/c2*16-12-5-4-9(7-11(12)13(17)18)15-8-10-3-1-2-6-14-10;;;;;/h2*1-8,16H,(H,17,18);4*1H2;/q;;;;;;+2. The third kappa shape index (κ3) is 12.7. The summed E-state index contributed by atoms with van der Waals surface area (Å²) in [5.41, 5.74) is 1.53. The zero-order valence-corrected chi connectivity index (χ0v) is 24.4. The van der Waals surface area contributed by atoms with Gasteiger partial charge in [0.1, 0.15) is 0 Å². The fourth-order valence-corrected chi connectivity index (χ4v) is 2.72. The van der Waals surface area contributed by atoms with Crippen molar-refractivity contribution < 1.29 is 71.4 Å². The summed E-state index contributed by atoms with van der Waals surface area (Å²) < 4.78 is 0. The first-order valence-electron chi connectivity index (χ1n) is 10.3. The Morgan fingerprint density at radius 3 is 1.32 bits per heavy atom. The smallest absolute Gasteiger partial charge is 0.872 e. The van der Waals surface area contributed by atoms with Crippen molar-refractivity contribution in [3.63, 3.8) is 0 Å². The summed E-state index contributed by atoms with van der Waals surface area (Å²) in [5, 5.41) is 40.1. The normalized spacial score (nSPS) is 9.37. The number of aliphatic imine (C=N–C) groups is 2. The van der Waals surface area contributed by atoms with Crippen LogP contribution in [0.1, 0.15) is 32.1 Å². The molecule has 0 saturated heterocycles. The summed E-state index contributed by atoms with van der Waals surface area (Å²) in [4.78, 5) is 37.8. The van der Waals surface area contributed by atoms with Gasteiger partial charge in [0.2, 0.25) is 0 Å². The van der Waals surface area contributed by atoms with E-state index in [-0.39, 0.29) is 52.5 Å². The molecular weight excluding hydrogens is 594 g/mol. The molecule has 0 spiro atoms. The van der Waals surface area contributed by atoms with Crippen LogP contribution in [0.3, 0.4) is 0 Å². The summed E-state index contributed by atoms with van der Waals surface area (Å²) in [5.74, 6) is -3.57. The van der Waals surface area contributed by atoms with E-state index in [1.165, 1.54) is 48.8 Å². The Bertz CT molecular complexity index is 1310. The quantitative estimate of drug-likeness (QED) is 0.163. The number of pyridine rings is 2. The number of aromatic carboxylic acids is 2. The zero-order valence-electron chi connectivity index (χ0n) is 21.4. The molecule has 0 fully saturated rings. The van der Waals surface area contributed by atoms with E-state index in [2.05, 4.69) is 20.0 Å². The number of nitrogens with zero attached hydrogens (tertiary/aromatic N) is 4. The number of rotatable bonds is 6. The minimum atomic E-state index is -1.25. The minimum Gasteiger partial charge on any atom is -0.872 e. The topological polar surface area (TPSA) is 300 Å². The van der Waals surface area contributed by atoms with Gasteiger partial charge in [0.25, 0.3) is 0 Å². The number of hydrogen-bond acceptors (Lipinski definition) is 8. The van der Waals surface area contributed by atoms with Crippen LogP contribution in [0.25, 0.3) is 0 Å². The zero-order chi connectivity index (χ0) is 25.9. The maximum atomic E-state index is 11.2. The van der Waals surface area contributed by atoms with Gasteiger partial charge in [-0.15, -0.1) is 0 Å². The van der Waals surface area contributed by atoms with E-state index in [4.69, 9.17) is 10.2 Å². The molecule has 0 saturated carbocycles. The molecule has 2 aromatic heterocycles. The number of hydrogen-bond donors (Lipinski definition) is 2. The van der Waals surface area contributed by atoms with E-state index in [1.807, 2.05) is 12.1 Å². The molecule has 0 atom stereocenters. The Morgan fingerprint density at radius 2 is 1.02 bits per heavy atom. The second kappa shape index (κ2) is 20.1. The first-order valence-corrected chi connectivity index (χ1v) is 10.3. The van der Waals surface area contributed by atoms with Crippen LogP contribution >= 0.6 is 0 Å². The Kier molecular flexibility index (Phi) is 19.8. The number of carboxylic acids is 2. The molecule has 0 bridgehead atoms.